The van der Waals surface area contributed by atoms with Gasteiger partial charge in [0.05, 0.1) is 12.0 Å². The molecule has 1 aromatic rings. The predicted molar refractivity (Wildman–Crippen MR) is 75.1 cm³/mol. The topological polar surface area (TPSA) is 46.6 Å². The molecule has 1 saturated heterocycles. The molecule has 1 heterocycles. The number of ether oxygens (including phenoxy) is 1. The Morgan fingerprint density at radius 1 is 1.05 bits per heavy atom. The van der Waals surface area contributed by atoms with Gasteiger partial charge in [0, 0.05) is 13.1 Å². The summed E-state index contributed by atoms with van der Waals surface area (Å²) in [5.41, 5.74) is 1.67. The van der Waals surface area contributed by atoms with Gasteiger partial charge >= 0.3 is 0 Å². The van der Waals surface area contributed by atoms with Crippen LogP contribution in [0.15, 0.2) is 17.0 Å². The van der Waals surface area contributed by atoms with Crippen LogP contribution in [0.5, 0.6) is 5.75 Å². The molecule has 2 rings (SSSR count). The molecule has 0 bridgehead atoms. The van der Waals surface area contributed by atoms with E-state index >= 15 is 0 Å². The minimum Gasteiger partial charge on any atom is -0.496 e. The maximum atomic E-state index is 12.6. The molecule has 0 aliphatic carbocycles. The zero-order valence-electron chi connectivity index (χ0n) is 11.8. The Hall–Kier alpha value is -1.07. The number of nitrogens with zero attached hydrogens (tertiary/aromatic N) is 1. The minimum atomic E-state index is -3.36. The summed E-state index contributed by atoms with van der Waals surface area (Å²) in [5, 5.41) is 0. The fourth-order valence-corrected chi connectivity index (χ4v) is 4.31. The van der Waals surface area contributed by atoms with Crippen molar-refractivity contribution in [2.24, 2.45) is 0 Å². The third-order valence-electron chi connectivity index (χ3n) is 3.84. The maximum Gasteiger partial charge on any atom is 0.243 e. The van der Waals surface area contributed by atoms with Crippen molar-refractivity contribution in [3.05, 3.63) is 23.3 Å². The molecular weight excluding hydrogens is 262 g/mol. The van der Waals surface area contributed by atoms with E-state index in [-0.39, 0.29) is 0 Å². The van der Waals surface area contributed by atoms with E-state index in [9.17, 15) is 8.42 Å². The molecule has 0 N–H and O–H groups in total. The molecule has 106 valence electrons. The van der Waals surface area contributed by atoms with Crippen LogP contribution in [0.1, 0.15) is 30.4 Å². The summed E-state index contributed by atoms with van der Waals surface area (Å²) < 4.78 is 32.1. The van der Waals surface area contributed by atoms with Gasteiger partial charge in [0.2, 0.25) is 10.0 Å². The van der Waals surface area contributed by atoms with Crippen LogP contribution in [0.2, 0.25) is 0 Å². The standard InChI is InChI=1S/C14H21NO3S/c1-11-12(2)14(8-7-13(11)18-3)19(16,17)15-9-5-4-6-10-15/h7-8H,4-6,9-10H2,1-3H3. The fraction of sp³-hybridized carbons (Fsp3) is 0.571. The first-order chi connectivity index (χ1) is 8.98. The molecule has 1 aliphatic heterocycles. The Bertz CT molecular complexity index is 560. The Labute approximate surface area is 115 Å². The Morgan fingerprint density at radius 2 is 1.68 bits per heavy atom. The van der Waals surface area contributed by atoms with Gasteiger partial charge in [0.1, 0.15) is 5.75 Å². The second-order valence-corrected chi connectivity index (χ2v) is 6.89. The van der Waals surface area contributed by atoms with Crippen molar-refractivity contribution >= 4 is 10.0 Å². The number of hydrogen-bond acceptors (Lipinski definition) is 3. The van der Waals surface area contributed by atoms with Gasteiger partial charge in [0.25, 0.3) is 0 Å². The van der Waals surface area contributed by atoms with E-state index in [4.69, 9.17) is 4.74 Å². The van der Waals surface area contributed by atoms with Crippen molar-refractivity contribution in [2.45, 2.75) is 38.0 Å². The van der Waals surface area contributed by atoms with Crippen LogP contribution in [-0.4, -0.2) is 32.9 Å². The highest BCUT2D eigenvalue weighted by Gasteiger charge is 2.28. The minimum absolute atomic E-state index is 0.410. The van der Waals surface area contributed by atoms with Crippen molar-refractivity contribution in [3.63, 3.8) is 0 Å². The first-order valence-electron chi connectivity index (χ1n) is 6.63. The van der Waals surface area contributed by atoms with Crippen molar-refractivity contribution in [3.8, 4) is 5.75 Å². The van der Waals surface area contributed by atoms with E-state index in [1.165, 1.54) is 0 Å². The van der Waals surface area contributed by atoms with Crippen molar-refractivity contribution in [1.29, 1.82) is 0 Å². The molecule has 0 unspecified atom stereocenters. The monoisotopic (exact) mass is 283 g/mol. The zero-order chi connectivity index (χ0) is 14.0. The molecule has 1 aromatic carbocycles. The van der Waals surface area contributed by atoms with Crippen LogP contribution in [-0.2, 0) is 10.0 Å². The van der Waals surface area contributed by atoms with E-state index in [1.807, 2.05) is 13.8 Å². The number of benzene rings is 1. The average Bonchev–Trinajstić information content (AvgIpc) is 2.42. The van der Waals surface area contributed by atoms with Crippen LogP contribution in [0.4, 0.5) is 0 Å². The Kier molecular flexibility index (Phi) is 4.16. The molecule has 0 aromatic heterocycles. The lowest BCUT2D eigenvalue weighted by molar-refractivity contribution is 0.346. The molecule has 0 atom stereocenters. The van der Waals surface area contributed by atoms with Gasteiger partial charge < -0.3 is 4.74 Å². The number of piperidine rings is 1. The largest absolute Gasteiger partial charge is 0.496 e. The summed E-state index contributed by atoms with van der Waals surface area (Å²) in [6, 6.07) is 3.39. The average molecular weight is 283 g/mol. The molecule has 1 fully saturated rings. The molecule has 0 radical (unpaired) electrons. The van der Waals surface area contributed by atoms with Gasteiger partial charge in [0.15, 0.2) is 0 Å². The third kappa shape index (κ3) is 2.62. The SMILES string of the molecule is COc1ccc(S(=O)(=O)N2CCCCC2)c(C)c1C. The lowest BCUT2D eigenvalue weighted by Crippen LogP contribution is -2.36. The summed E-state index contributed by atoms with van der Waals surface area (Å²) in [6.45, 7) is 5.00. The molecule has 5 heteroatoms. The van der Waals surface area contributed by atoms with E-state index in [1.54, 1.807) is 23.5 Å². The molecule has 0 saturated carbocycles. The normalized spacial score (nSPS) is 17.4. The fourth-order valence-electron chi connectivity index (χ4n) is 2.52. The highest BCUT2D eigenvalue weighted by atomic mass is 32.2. The van der Waals surface area contributed by atoms with Gasteiger partial charge in [-0.1, -0.05) is 6.42 Å². The lowest BCUT2D eigenvalue weighted by atomic mass is 10.1. The van der Waals surface area contributed by atoms with Gasteiger partial charge in [-0.25, -0.2) is 8.42 Å². The van der Waals surface area contributed by atoms with Crippen LogP contribution in [0.3, 0.4) is 0 Å². The van der Waals surface area contributed by atoms with Crippen molar-refractivity contribution < 1.29 is 13.2 Å². The maximum absolute atomic E-state index is 12.6. The molecule has 0 amide bonds. The first-order valence-corrected chi connectivity index (χ1v) is 8.07. The number of methoxy groups -OCH3 is 1. The summed E-state index contributed by atoms with van der Waals surface area (Å²) in [5.74, 6) is 0.732. The predicted octanol–water partition coefficient (Wildman–Crippen LogP) is 2.49. The van der Waals surface area contributed by atoms with Gasteiger partial charge in [-0.05, 0) is 49.9 Å². The Balaban J connectivity index is 2.43. The first kappa shape index (κ1) is 14.3. The van der Waals surface area contributed by atoms with E-state index in [2.05, 4.69) is 0 Å². The number of sulfonamides is 1. The second-order valence-electron chi connectivity index (χ2n) is 4.98. The van der Waals surface area contributed by atoms with Gasteiger partial charge in [-0.3, -0.25) is 0 Å². The lowest BCUT2D eigenvalue weighted by Gasteiger charge is -2.27. The van der Waals surface area contributed by atoms with E-state index in [0.29, 0.717) is 18.0 Å². The highest BCUT2D eigenvalue weighted by molar-refractivity contribution is 7.89. The molecule has 1 aliphatic rings. The number of hydrogen-bond donors (Lipinski definition) is 0. The molecule has 19 heavy (non-hydrogen) atoms. The smallest absolute Gasteiger partial charge is 0.243 e. The molecule has 4 nitrogen and oxygen atoms in total. The summed E-state index contributed by atoms with van der Waals surface area (Å²) in [7, 11) is -1.76. The third-order valence-corrected chi connectivity index (χ3v) is 5.88. The van der Waals surface area contributed by atoms with Crippen LogP contribution in [0.25, 0.3) is 0 Å². The second kappa shape index (κ2) is 5.51. The molecular formula is C14H21NO3S. The summed E-state index contributed by atoms with van der Waals surface area (Å²) >= 11 is 0. The van der Waals surface area contributed by atoms with Gasteiger partial charge in [-0.15, -0.1) is 0 Å². The van der Waals surface area contributed by atoms with Crippen molar-refractivity contribution in [1.82, 2.24) is 4.31 Å². The van der Waals surface area contributed by atoms with Crippen LogP contribution in [0, 0.1) is 13.8 Å². The van der Waals surface area contributed by atoms with Gasteiger partial charge in [-0.2, -0.15) is 4.31 Å². The van der Waals surface area contributed by atoms with Crippen molar-refractivity contribution in [2.75, 3.05) is 20.2 Å². The van der Waals surface area contributed by atoms with Crippen LogP contribution < -0.4 is 4.74 Å². The van der Waals surface area contributed by atoms with Crippen LogP contribution >= 0.6 is 0 Å². The number of rotatable bonds is 3. The highest BCUT2D eigenvalue weighted by Crippen LogP contribution is 2.29. The zero-order valence-corrected chi connectivity index (χ0v) is 12.6. The summed E-state index contributed by atoms with van der Waals surface area (Å²) in [6.07, 6.45) is 3.02. The Morgan fingerprint density at radius 3 is 2.26 bits per heavy atom. The van der Waals surface area contributed by atoms with E-state index < -0.39 is 10.0 Å². The summed E-state index contributed by atoms with van der Waals surface area (Å²) in [4.78, 5) is 0.410. The quantitative estimate of drug-likeness (QED) is 0.856. The molecule has 0 spiro atoms. The van der Waals surface area contributed by atoms with E-state index in [0.717, 1.165) is 36.1 Å².